The SMILES string of the molecule is CC(=O)C[C@H](NC(=O)CNC(=O)c1cc(NC2=NCC(O)CN2)cs1)c1cc(Cl)cc(Cl)c1O. The number of Topliss-reactive ketones (excluding diaryl/α,β-unsaturated/α-hetero) is 1. The lowest BCUT2D eigenvalue weighted by Crippen LogP contribution is -2.42. The number of carbonyl (C=O) groups is 3. The number of thiophene rings is 1. The molecule has 2 aromatic rings. The van der Waals surface area contributed by atoms with Crippen molar-refractivity contribution in [2.75, 3.05) is 25.0 Å². The maximum atomic E-state index is 12.5. The number of benzene rings is 1. The predicted octanol–water partition coefficient (Wildman–Crippen LogP) is 2.06. The summed E-state index contributed by atoms with van der Waals surface area (Å²) in [7, 11) is 0. The molecule has 1 aliphatic heterocycles. The summed E-state index contributed by atoms with van der Waals surface area (Å²) in [4.78, 5) is 41.2. The average Bonchev–Trinajstić information content (AvgIpc) is 3.24. The molecule has 2 atom stereocenters. The van der Waals surface area contributed by atoms with Crippen molar-refractivity contribution in [1.82, 2.24) is 16.0 Å². The number of aromatic hydroxyl groups is 1. The fourth-order valence-corrected chi connectivity index (χ4v) is 4.41. The summed E-state index contributed by atoms with van der Waals surface area (Å²) < 4.78 is 0. The first-order valence-corrected chi connectivity index (χ1v) is 11.8. The number of halogens is 2. The summed E-state index contributed by atoms with van der Waals surface area (Å²) in [5, 5.41) is 32.8. The molecule has 10 nitrogen and oxygen atoms in total. The van der Waals surface area contributed by atoms with E-state index in [0.717, 1.165) is 0 Å². The van der Waals surface area contributed by atoms with Gasteiger partial charge in [-0.15, -0.1) is 11.3 Å². The lowest BCUT2D eigenvalue weighted by atomic mass is 10.0. The number of amides is 2. The van der Waals surface area contributed by atoms with E-state index >= 15 is 0 Å². The molecular formula is C21H23Cl2N5O5S. The van der Waals surface area contributed by atoms with Crippen LogP contribution in [-0.2, 0) is 9.59 Å². The van der Waals surface area contributed by atoms with Crippen molar-refractivity contribution < 1.29 is 24.6 Å². The van der Waals surface area contributed by atoms with Crippen LogP contribution in [0.15, 0.2) is 28.6 Å². The third-order valence-electron chi connectivity index (χ3n) is 4.72. The number of nitrogens with zero attached hydrogens (tertiary/aromatic N) is 1. The number of hydrogen-bond acceptors (Lipinski definition) is 9. The van der Waals surface area contributed by atoms with E-state index in [1.165, 1.54) is 30.4 Å². The molecular weight excluding hydrogens is 505 g/mol. The first-order valence-electron chi connectivity index (χ1n) is 10.2. The summed E-state index contributed by atoms with van der Waals surface area (Å²) >= 11 is 13.1. The van der Waals surface area contributed by atoms with E-state index in [2.05, 4.69) is 26.3 Å². The number of β-amino-alcohol motifs (C(OH)–C–C–N with tert-alkyl or cyclic N) is 1. The van der Waals surface area contributed by atoms with Gasteiger partial charge in [0.2, 0.25) is 5.91 Å². The molecule has 1 unspecified atom stereocenters. The third-order valence-corrected chi connectivity index (χ3v) is 6.16. The quantitative estimate of drug-likeness (QED) is 0.307. The molecule has 0 bridgehead atoms. The fraction of sp³-hybridized carbons (Fsp3) is 0.333. The van der Waals surface area contributed by atoms with Crippen LogP contribution < -0.4 is 21.3 Å². The van der Waals surface area contributed by atoms with Crippen LogP contribution in [-0.4, -0.2) is 59.5 Å². The topological polar surface area (TPSA) is 152 Å². The van der Waals surface area contributed by atoms with Crippen LogP contribution in [0, 0.1) is 0 Å². The number of aliphatic hydroxyl groups excluding tert-OH is 1. The Bertz CT molecular complexity index is 1120. The highest BCUT2D eigenvalue weighted by Crippen LogP contribution is 2.36. The number of guanidine groups is 1. The van der Waals surface area contributed by atoms with Crippen molar-refractivity contribution in [2.24, 2.45) is 4.99 Å². The van der Waals surface area contributed by atoms with E-state index in [1.807, 2.05) is 0 Å². The molecule has 1 aliphatic rings. The molecule has 0 saturated carbocycles. The zero-order valence-electron chi connectivity index (χ0n) is 18.0. The number of rotatable bonds is 8. The normalized spacial score (nSPS) is 16.1. The highest BCUT2D eigenvalue weighted by Gasteiger charge is 2.22. The number of aliphatic hydroxyl groups is 1. The number of nitrogens with one attached hydrogen (secondary N) is 4. The molecule has 6 N–H and O–H groups in total. The van der Waals surface area contributed by atoms with Crippen molar-refractivity contribution in [2.45, 2.75) is 25.5 Å². The summed E-state index contributed by atoms with van der Waals surface area (Å²) in [6, 6.07) is 3.50. The largest absolute Gasteiger partial charge is 0.506 e. The summed E-state index contributed by atoms with van der Waals surface area (Å²) in [5.41, 5.74) is 0.838. The van der Waals surface area contributed by atoms with Gasteiger partial charge < -0.3 is 31.5 Å². The molecule has 0 saturated heterocycles. The van der Waals surface area contributed by atoms with E-state index in [0.29, 0.717) is 23.1 Å². The highest BCUT2D eigenvalue weighted by atomic mass is 35.5. The van der Waals surface area contributed by atoms with Crippen LogP contribution >= 0.6 is 34.5 Å². The first kappa shape index (κ1) is 25.8. The van der Waals surface area contributed by atoms with E-state index in [-0.39, 0.29) is 46.7 Å². The van der Waals surface area contributed by atoms with E-state index in [1.54, 1.807) is 11.4 Å². The van der Waals surface area contributed by atoms with Crippen LogP contribution in [0.1, 0.15) is 34.6 Å². The Morgan fingerprint density at radius 1 is 1.29 bits per heavy atom. The van der Waals surface area contributed by atoms with Crippen molar-refractivity contribution >= 4 is 63.8 Å². The smallest absolute Gasteiger partial charge is 0.261 e. The Hall–Kier alpha value is -2.86. The number of anilines is 1. The molecule has 3 rings (SSSR count). The van der Waals surface area contributed by atoms with E-state index < -0.39 is 24.0 Å². The lowest BCUT2D eigenvalue weighted by molar-refractivity contribution is -0.121. The summed E-state index contributed by atoms with van der Waals surface area (Å²) in [5.74, 6) is -1.04. The standard InChI is InChI=1S/C21H23Cl2N5O5S/c1-10(29)2-16(14-3-11(22)4-15(23)19(14)32)28-18(31)8-24-20(33)17-5-12(9-34-17)27-21-25-6-13(30)7-26-21/h3-5,9,13,16,30,32H,2,6-8H2,1H3,(H,24,33)(H,28,31)(H2,25,26,27)/t16-/m0/s1. The zero-order chi connectivity index (χ0) is 24.8. The van der Waals surface area contributed by atoms with Crippen LogP contribution in [0.3, 0.4) is 0 Å². The van der Waals surface area contributed by atoms with E-state index in [4.69, 9.17) is 23.2 Å². The molecule has 1 aromatic heterocycles. The molecule has 2 amide bonds. The molecule has 2 heterocycles. The Morgan fingerprint density at radius 3 is 2.74 bits per heavy atom. The Labute approximate surface area is 209 Å². The van der Waals surface area contributed by atoms with Crippen LogP contribution in [0.2, 0.25) is 10.0 Å². The second kappa shape index (κ2) is 11.5. The maximum Gasteiger partial charge on any atom is 0.261 e. The number of phenolic OH excluding ortho intramolecular Hbond substituents is 1. The van der Waals surface area contributed by atoms with Gasteiger partial charge in [0.1, 0.15) is 11.5 Å². The number of hydrogen-bond donors (Lipinski definition) is 6. The molecule has 182 valence electrons. The van der Waals surface area contributed by atoms with Gasteiger partial charge in [0.15, 0.2) is 5.96 Å². The summed E-state index contributed by atoms with van der Waals surface area (Å²) in [6.45, 7) is 1.66. The first-order chi connectivity index (χ1) is 16.1. The van der Waals surface area contributed by atoms with Gasteiger partial charge in [0.25, 0.3) is 5.91 Å². The van der Waals surface area contributed by atoms with Crippen molar-refractivity contribution in [3.63, 3.8) is 0 Å². The lowest BCUT2D eigenvalue weighted by Gasteiger charge is -2.20. The number of aliphatic imine (C=N–C) groups is 1. The van der Waals surface area contributed by atoms with Crippen LogP contribution in [0.4, 0.5) is 5.69 Å². The Kier molecular flexibility index (Phi) is 8.72. The molecule has 0 spiro atoms. The van der Waals surface area contributed by atoms with Gasteiger partial charge in [-0.25, -0.2) is 0 Å². The van der Waals surface area contributed by atoms with Gasteiger partial charge in [0.05, 0.1) is 40.8 Å². The molecule has 0 radical (unpaired) electrons. The minimum absolute atomic E-state index is 0.00807. The minimum Gasteiger partial charge on any atom is -0.506 e. The molecule has 13 heteroatoms. The van der Waals surface area contributed by atoms with Crippen molar-refractivity contribution in [1.29, 1.82) is 0 Å². The van der Waals surface area contributed by atoms with Crippen molar-refractivity contribution in [3.8, 4) is 5.75 Å². The molecule has 0 fully saturated rings. The van der Waals surface area contributed by atoms with Crippen molar-refractivity contribution in [3.05, 3.63) is 44.1 Å². The van der Waals surface area contributed by atoms with E-state index in [9.17, 15) is 24.6 Å². The number of carbonyl (C=O) groups excluding carboxylic acids is 3. The Morgan fingerprint density at radius 2 is 2.06 bits per heavy atom. The van der Waals surface area contributed by atoms with Gasteiger partial charge in [-0.05, 0) is 25.1 Å². The molecule has 1 aromatic carbocycles. The second-order valence-corrected chi connectivity index (χ2v) is 9.34. The molecule has 0 aliphatic carbocycles. The third kappa shape index (κ3) is 7.07. The monoisotopic (exact) mass is 527 g/mol. The number of ketones is 1. The van der Waals surface area contributed by atoms with Gasteiger partial charge in [-0.2, -0.15) is 0 Å². The highest BCUT2D eigenvalue weighted by molar-refractivity contribution is 7.12. The number of phenols is 1. The predicted molar refractivity (Wildman–Crippen MR) is 131 cm³/mol. The zero-order valence-corrected chi connectivity index (χ0v) is 20.4. The summed E-state index contributed by atoms with van der Waals surface area (Å²) in [6.07, 6.45) is -0.630. The Balaban J connectivity index is 1.58. The molecule has 34 heavy (non-hydrogen) atoms. The average molecular weight is 528 g/mol. The minimum atomic E-state index is -0.877. The van der Waals surface area contributed by atoms with Gasteiger partial charge >= 0.3 is 0 Å². The van der Waals surface area contributed by atoms with Gasteiger partial charge in [-0.3, -0.25) is 19.4 Å². The second-order valence-electron chi connectivity index (χ2n) is 7.58. The van der Waals surface area contributed by atoms with Crippen LogP contribution in [0.25, 0.3) is 0 Å². The fourth-order valence-electron chi connectivity index (χ4n) is 3.14. The van der Waals surface area contributed by atoms with Gasteiger partial charge in [0, 0.05) is 28.9 Å². The van der Waals surface area contributed by atoms with Gasteiger partial charge in [-0.1, -0.05) is 23.2 Å². The van der Waals surface area contributed by atoms with Crippen LogP contribution in [0.5, 0.6) is 5.75 Å². The maximum absolute atomic E-state index is 12.5.